The van der Waals surface area contributed by atoms with E-state index in [-0.39, 0.29) is 25.0 Å². The molecule has 1 rings (SSSR count). The van der Waals surface area contributed by atoms with Crippen molar-refractivity contribution in [3.8, 4) is 5.75 Å². The molecule has 0 heterocycles. The molecular weight excluding hydrogens is 454 g/mol. The van der Waals surface area contributed by atoms with Crippen LogP contribution in [0.25, 0.3) is 0 Å². The molecule has 0 saturated carbocycles. The summed E-state index contributed by atoms with van der Waals surface area (Å²) in [6.45, 7) is -0.583. The van der Waals surface area contributed by atoms with E-state index in [0.29, 0.717) is 5.56 Å². The molecule has 0 saturated heterocycles. The van der Waals surface area contributed by atoms with Gasteiger partial charge in [0.15, 0.2) is 0 Å². The maximum Gasteiger partial charge on any atom is 0.326 e. The molecule has 0 aromatic heterocycles. The van der Waals surface area contributed by atoms with Crippen LogP contribution < -0.4 is 27.4 Å². The second-order valence-corrected chi connectivity index (χ2v) is 7.32. The third kappa shape index (κ3) is 10.4. The highest BCUT2D eigenvalue weighted by atomic mass is 16.4. The first-order valence-corrected chi connectivity index (χ1v) is 10.0. The first-order chi connectivity index (χ1) is 15.9. The molecule has 0 radical (unpaired) electrons. The summed E-state index contributed by atoms with van der Waals surface area (Å²) < 4.78 is 0. The zero-order valence-corrected chi connectivity index (χ0v) is 18.0. The average Bonchev–Trinajstić information content (AvgIpc) is 2.75. The lowest BCUT2D eigenvalue weighted by atomic mass is 10.1. The van der Waals surface area contributed by atoms with Gasteiger partial charge in [-0.1, -0.05) is 12.1 Å². The highest BCUT2D eigenvalue weighted by Gasteiger charge is 2.28. The van der Waals surface area contributed by atoms with Crippen LogP contribution in [-0.2, 0) is 35.2 Å². The first-order valence-electron chi connectivity index (χ1n) is 10.0. The quantitative estimate of drug-likeness (QED) is 0.135. The van der Waals surface area contributed by atoms with E-state index in [4.69, 9.17) is 21.7 Å². The van der Waals surface area contributed by atoms with Gasteiger partial charge in [0.2, 0.25) is 23.6 Å². The number of nitrogens with two attached hydrogens (primary N) is 2. The molecule has 3 atom stereocenters. The summed E-state index contributed by atoms with van der Waals surface area (Å²) in [7, 11) is 0. The number of primary amides is 1. The van der Waals surface area contributed by atoms with Crippen LogP contribution in [0.4, 0.5) is 0 Å². The van der Waals surface area contributed by atoms with Gasteiger partial charge in [0.05, 0.1) is 19.0 Å². The molecule has 0 fully saturated rings. The molecule has 4 amide bonds. The Morgan fingerprint density at radius 1 is 0.912 bits per heavy atom. The number of nitrogens with one attached hydrogen (secondary N) is 3. The standard InChI is InChI=1S/C20H27N5O9/c21-12(7-10-1-3-11(26)4-2-10)18(31)23-9-16(28)24-13(5-6-15(22)27)19(32)25-14(20(33)34)8-17(29)30/h1-4,12-14,26H,5-9,21H2,(H2,22,27)(H,23,31)(H,24,28)(H,25,32)(H,29,30)(H,33,34). The van der Waals surface area contributed by atoms with Crippen molar-refractivity contribution in [3.63, 3.8) is 0 Å². The number of phenols is 1. The van der Waals surface area contributed by atoms with Crippen molar-refractivity contribution >= 4 is 35.6 Å². The largest absolute Gasteiger partial charge is 0.508 e. The number of carbonyl (C=O) groups is 6. The number of carboxylic acid groups (broad SMARTS) is 2. The molecule has 14 heteroatoms. The molecule has 0 bridgehead atoms. The number of benzene rings is 1. The summed E-state index contributed by atoms with van der Waals surface area (Å²) >= 11 is 0. The molecule has 10 N–H and O–H groups in total. The summed E-state index contributed by atoms with van der Waals surface area (Å²) in [6.07, 6.45) is -1.41. The van der Waals surface area contributed by atoms with Gasteiger partial charge in [-0.3, -0.25) is 24.0 Å². The van der Waals surface area contributed by atoms with Gasteiger partial charge >= 0.3 is 11.9 Å². The third-order valence-electron chi connectivity index (χ3n) is 4.48. The molecule has 0 aliphatic carbocycles. The molecule has 0 spiro atoms. The Kier molecular flexibility index (Phi) is 10.9. The molecular formula is C20H27N5O9. The summed E-state index contributed by atoms with van der Waals surface area (Å²) in [5.41, 5.74) is 11.5. The van der Waals surface area contributed by atoms with E-state index >= 15 is 0 Å². The summed E-state index contributed by atoms with van der Waals surface area (Å²) in [6, 6.07) is 1.80. The minimum Gasteiger partial charge on any atom is -0.508 e. The number of amides is 4. The smallest absolute Gasteiger partial charge is 0.326 e. The Morgan fingerprint density at radius 2 is 1.53 bits per heavy atom. The Labute approximate surface area is 193 Å². The highest BCUT2D eigenvalue weighted by molar-refractivity contribution is 5.93. The molecule has 14 nitrogen and oxygen atoms in total. The van der Waals surface area contributed by atoms with E-state index in [0.717, 1.165) is 0 Å². The Hall–Kier alpha value is -4.20. The maximum atomic E-state index is 12.4. The first kappa shape index (κ1) is 27.8. The average molecular weight is 481 g/mol. The number of hydrogen-bond donors (Lipinski definition) is 8. The number of aromatic hydroxyl groups is 1. The van der Waals surface area contributed by atoms with Crippen molar-refractivity contribution in [2.24, 2.45) is 11.5 Å². The maximum absolute atomic E-state index is 12.4. The molecule has 0 aliphatic heterocycles. The minimum absolute atomic E-state index is 0.0472. The SMILES string of the molecule is NC(=O)CCC(NC(=O)CNC(=O)C(N)Cc1ccc(O)cc1)C(=O)NC(CC(=O)O)C(=O)O. The predicted octanol–water partition coefficient (Wildman–Crippen LogP) is -2.83. The van der Waals surface area contributed by atoms with E-state index in [1.165, 1.54) is 12.1 Å². The van der Waals surface area contributed by atoms with Crippen molar-refractivity contribution in [3.05, 3.63) is 29.8 Å². The molecule has 3 unspecified atom stereocenters. The van der Waals surface area contributed by atoms with Crippen molar-refractivity contribution in [2.45, 2.75) is 43.8 Å². The van der Waals surface area contributed by atoms with Gasteiger partial charge in [-0.15, -0.1) is 0 Å². The molecule has 1 aromatic rings. The fourth-order valence-corrected chi connectivity index (χ4v) is 2.72. The Bertz CT molecular complexity index is 920. The lowest BCUT2D eigenvalue weighted by Crippen LogP contribution is -2.54. The van der Waals surface area contributed by atoms with Crippen molar-refractivity contribution in [2.75, 3.05) is 6.54 Å². The van der Waals surface area contributed by atoms with E-state index in [1.807, 2.05) is 5.32 Å². The van der Waals surface area contributed by atoms with Crippen LogP contribution in [0.2, 0.25) is 0 Å². The van der Waals surface area contributed by atoms with Gasteiger partial charge in [0, 0.05) is 6.42 Å². The van der Waals surface area contributed by atoms with Crippen molar-refractivity contribution < 1.29 is 44.1 Å². The molecule has 1 aromatic carbocycles. The number of aliphatic carboxylic acids is 2. The summed E-state index contributed by atoms with van der Waals surface area (Å²) in [4.78, 5) is 69.8. The second kappa shape index (κ2) is 13.4. The fourth-order valence-electron chi connectivity index (χ4n) is 2.72. The zero-order chi connectivity index (χ0) is 25.8. The number of rotatable bonds is 14. The number of carbonyl (C=O) groups excluding carboxylic acids is 4. The van der Waals surface area contributed by atoms with Crippen LogP contribution in [0.5, 0.6) is 5.75 Å². The van der Waals surface area contributed by atoms with Gasteiger partial charge in [0.25, 0.3) is 0 Å². The normalized spacial score (nSPS) is 13.1. The second-order valence-electron chi connectivity index (χ2n) is 7.32. The van der Waals surface area contributed by atoms with Crippen LogP contribution in [0.3, 0.4) is 0 Å². The molecule has 0 aliphatic rings. The predicted molar refractivity (Wildman–Crippen MR) is 115 cm³/mol. The Balaban J connectivity index is 2.69. The lowest BCUT2D eigenvalue weighted by molar-refractivity contribution is -0.147. The van der Waals surface area contributed by atoms with E-state index in [2.05, 4.69) is 10.6 Å². The number of hydrogen-bond acceptors (Lipinski definition) is 8. The third-order valence-corrected chi connectivity index (χ3v) is 4.48. The van der Waals surface area contributed by atoms with Gasteiger partial charge in [-0.05, 0) is 30.5 Å². The van der Waals surface area contributed by atoms with Crippen LogP contribution in [-0.4, -0.2) is 75.6 Å². The van der Waals surface area contributed by atoms with E-state index < -0.39 is 66.7 Å². The van der Waals surface area contributed by atoms with Gasteiger partial charge in [0.1, 0.15) is 17.8 Å². The van der Waals surface area contributed by atoms with E-state index in [9.17, 15) is 33.9 Å². The molecule has 186 valence electrons. The highest BCUT2D eigenvalue weighted by Crippen LogP contribution is 2.10. The van der Waals surface area contributed by atoms with E-state index in [1.54, 1.807) is 12.1 Å². The molecule has 34 heavy (non-hydrogen) atoms. The van der Waals surface area contributed by atoms with Crippen LogP contribution in [0.15, 0.2) is 24.3 Å². The number of carboxylic acids is 2. The fraction of sp³-hybridized carbons (Fsp3) is 0.400. The van der Waals surface area contributed by atoms with Gasteiger partial charge < -0.3 is 42.7 Å². The van der Waals surface area contributed by atoms with Crippen LogP contribution >= 0.6 is 0 Å². The van der Waals surface area contributed by atoms with Crippen molar-refractivity contribution in [1.82, 2.24) is 16.0 Å². The monoisotopic (exact) mass is 481 g/mol. The minimum atomic E-state index is -1.77. The topological polar surface area (TPSA) is 251 Å². The van der Waals surface area contributed by atoms with Gasteiger partial charge in [-0.2, -0.15) is 0 Å². The van der Waals surface area contributed by atoms with Crippen LogP contribution in [0, 0.1) is 0 Å². The summed E-state index contributed by atoms with van der Waals surface area (Å²) in [5, 5.41) is 33.6. The summed E-state index contributed by atoms with van der Waals surface area (Å²) in [5.74, 6) is -6.39. The van der Waals surface area contributed by atoms with Crippen molar-refractivity contribution in [1.29, 1.82) is 0 Å². The zero-order valence-electron chi connectivity index (χ0n) is 18.0. The lowest BCUT2D eigenvalue weighted by Gasteiger charge is -2.21. The van der Waals surface area contributed by atoms with Crippen LogP contribution in [0.1, 0.15) is 24.8 Å². The Morgan fingerprint density at radius 3 is 2.06 bits per heavy atom. The van der Waals surface area contributed by atoms with Gasteiger partial charge in [-0.25, -0.2) is 4.79 Å². The number of phenolic OH excluding ortho intramolecular Hbond substituents is 1.